The normalized spacial score (nSPS) is 10.5. The van der Waals surface area contributed by atoms with Crippen LogP contribution in [0.1, 0.15) is 17.2 Å². The van der Waals surface area contributed by atoms with Crippen LogP contribution in [0.25, 0.3) is 0 Å². The van der Waals surface area contributed by atoms with Crippen molar-refractivity contribution in [2.75, 3.05) is 5.32 Å². The second-order valence-electron chi connectivity index (χ2n) is 5.48. The molecule has 0 radical (unpaired) electrons. The molecule has 0 aliphatic carbocycles. The Bertz CT molecular complexity index is 815. The fourth-order valence-electron chi connectivity index (χ4n) is 2.53. The molecule has 2 N–H and O–H groups in total. The Morgan fingerprint density at radius 3 is 1.92 bits per heavy atom. The van der Waals surface area contributed by atoms with E-state index in [1.165, 1.54) is 0 Å². The Hall–Kier alpha value is -2.07. The highest BCUT2D eigenvalue weighted by molar-refractivity contribution is 7.80. The maximum absolute atomic E-state index is 6.20. The largest absolute Gasteiger partial charge is 0.352 e. The van der Waals surface area contributed by atoms with Gasteiger partial charge in [0.15, 0.2) is 5.11 Å². The lowest BCUT2D eigenvalue weighted by atomic mass is 9.99. The van der Waals surface area contributed by atoms with E-state index in [0.29, 0.717) is 20.8 Å². The van der Waals surface area contributed by atoms with Gasteiger partial charge in [-0.1, -0.05) is 83.9 Å². The summed E-state index contributed by atoms with van der Waals surface area (Å²) in [5, 5.41) is 8.12. The van der Waals surface area contributed by atoms with Crippen LogP contribution in [0, 0.1) is 0 Å². The van der Waals surface area contributed by atoms with E-state index in [9.17, 15) is 0 Å². The van der Waals surface area contributed by atoms with Crippen LogP contribution in [0.3, 0.4) is 0 Å². The van der Waals surface area contributed by atoms with E-state index in [-0.39, 0.29) is 6.04 Å². The summed E-state index contributed by atoms with van der Waals surface area (Å²) >= 11 is 17.7. The molecule has 0 saturated heterocycles. The van der Waals surface area contributed by atoms with E-state index < -0.39 is 0 Å². The SMILES string of the molecule is S=C(Nc1cc(Cl)ccc1Cl)NC(c1ccccc1)c1ccccc1. The van der Waals surface area contributed by atoms with E-state index in [2.05, 4.69) is 34.9 Å². The molecule has 0 heterocycles. The number of halogens is 2. The number of rotatable bonds is 4. The first-order valence-electron chi connectivity index (χ1n) is 7.76. The van der Waals surface area contributed by atoms with E-state index in [4.69, 9.17) is 35.4 Å². The molecule has 0 aliphatic heterocycles. The molecule has 0 unspecified atom stereocenters. The first-order chi connectivity index (χ1) is 12.1. The summed E-state index contributed by atoms with van der Waals surface area (Å²) in [4.78, 5) is 0. The standard InChI is InChI=1S/C20H16Cl2N2S/c21-16-11-12-17(22)18(13-16)23-20(25)24-19(14-7-3-1-4-8-14)15-9-5-2-6-10-15/h1-13,19H,(H2,23,24,25). The Morgan fingerprint density at radius 1 is 0.800 bits per heavy atom. The highest BCUT2D eigenvalue weighted by Gasteiger charge is 2.15. The van der Waals surface area contributed by atoms with Crippen LogP contribution in [0.4, 0.5) is 5.69 Å². The first kappa shape index (κ1) is 17.7. The number of thiocarbonyl (C=S) groups is 1. The van der Waals surface area contributed by atoms with Gasteiger partial charge in [-0.05, 0) is 41.5 Å². The van der Waals surface area contributed by atoms with Gasteiger partial charge in [-0.2, -0.15) is 0 Å². The van der Waals surface area contributed by atoms with Gasteiger partial charge >= 0.3 is 0 Å². The number of nitrogens with one attached hydrogen (secondary N) is 2. The molecule has 0 amide bonds. The summed E-state index contributed by atoms with van der Waals surface area (Å²) in [5.41, 5.74) is 2.91. The van der Waals surface area contributed by atoms with Gasteiger partial charge in [-0.3, -0.25) is 0 Å². The highest BCUT2D eigenvalue weighted by Crippen LogP contribution is 2.26. The number of anilines is 1. The first-order valence-corrected chi connectivity index (χ1v) is 8.92. The van der Waals surface area contributed by atoms with Crippen molar-refractivity contribution >= 4 is 46.2 Å². The molecule has 0 spiro atoms. The molecule has 0 aromatic heterocycles. The van der Waals surface area contributed by atoms with Gasteiger partial charge < -0.3 is 10.6 Å². The van der Waals surface area contributed by atoms with Crippen molar-refractivity contribution in [3.05, 3.63) is 100 Å². The zero-order valence-corrected chi connectivity index (χ0v) is 15.6. The lowest BCUT2D eigenvalue weighted by molar-refractivity contribution is 0.769. The van der Waals surface area contributed by atoms with Crippen molar-refractivity contribution in [3.8, 4) is 0 Å². The summed E-state index contributed by atoms with van der Waals surface area (Å²) in [6.45, 7) is 0. The highest BCUT2D eigenvalue weighted by atomic mass is 35.5. The molecular weight excluding hydrogens is 371 g/mol. The molecular formula is C20H16Cl2N2S. The maximum atomic E-state index is 6.20. The number of hydrogen-bond donors (Lipinski definition) is 2. The fraction of sp³-hybridized carbons (Fsp3) is 0.0500. The van der Waals surface area contributed by atoms with E-state index in [1.54, 1.807) is 18.2 Å². The third-order valence-electron chi connectivity index (χ3n) is 3.72. The molecule has 2 nitrogen and oxygen atoms in total. The Balaban J connectivity index is 1.83. The summed E-state index contributed by atoms with van der Waals surface area (Å²) in [7, 11) is 0. The van der Waals surface area contributed by atoms with Gasteiger partial charge in [0.25, 0.3) is 0 Å². The van der Waals surface area contributed by atoms with Gasteiger partial charge in [-0.25, -0.2) is 0 Å². The van der Waals surface area contributed by atoms with Gasteiger partial charge in [0.2, 0.25) is 0 Å². The zero-order valence-electron chi connectivity index (χ0n) is 13.2. The Labute approximate surface area is 162 Å². The van der Waals surface area contributed by atoms with E-state index in [1.807, 2.05) is 36.4 Å². The van der Waals surface area contributed by atoms with Crippen LogP contribution in [-0.2, 0) is 0 Å². The van der Waals surface area contributed by atoms with Crippen molar-refractivity contribution in [1.82, 2.24) is 5.32 Å². The van der Waals surface area contributed by atoms with Crippen molar-refractivity contribution in [1.29, 1.82) is 0 Å². The molecule has 0 saturated carbocycles. The lowest BCUT2D eigenvalue weighted by Gasteiger charge is -2.22. The second-order valence-corrected chi connectivity index (χ2v) is 6.73. The van der Waals surface area contributed by atoms with E-state index in [0.717, 1.165) is 11.1 Å². The van der Waals surface area contributed by atoms with Crippen LogP contribution in [-0.4, -0.2) is 5.11 Å². The van der Waals surface area contributed by atoms with Crippen LogP contribution < -0.4 is 10.6 Å². The van der Waals surface area contributed by atoms with Crippen molar-refractivity contribution < 1.29 is 0 Å². The predicted molar refractivity (Wildman–Crippen MR) is 111 cm³/mol. The smallest absolute Gasteiger partial charge is 0.171 e. The van der Waals surface area contributed by atoms with Gasteiger partial charge in [-0.15, -0.1) is 0 Å². The Kier molecular flexibility index (Phi) is 5.92. The third-order valence-corrected chi connectivity index (χ3v) is 4.50. The van der Waals surface area contributed by atoms with Crippen LogP contribution in [0.5, 0.6) is 0 Å². The zero-order chi connectivity index (χ0) is 17.6. The quantitative estimate of drug-likeness (QED) is 0.532. The van der Waals surface area contributed by atoms with Crippen LogP contribution in [0.2, 0.25) is 10.0 Å². The van der Waals surface area contributed by atoms with Gasteiger partial charge in [0, 0.05) is 5.02 Å². The third kappa shape index (κ3) is 4.73. The summed E-state index contributed by atoms with van der Waals surface area (Å²) < 4.78 is 0. The molecule has 0 fully saturated rings. The van der Waals surface area contributed by atoms with Crippen LogP contribution in [0.15, 0.2) is 78.9 Å². The molecule has 3 rings (SSSR count). The second kappa shape index (κ2) is 8.34. The lowest BCUT2D eigenvalue weighted by Crippen LogP contribution is -2.33. The molecule has 3 aromatic carbocycles. The molecule has 3 aromatic rings. The van der Waals surface area contributed by atoms with Crippen molar-refractivity contribution in [2.45, 2.75) is 6.04 Å². The molecule has 25 heavy (non-hydrogen) atoms. The Morgan fingerprint density at radius 2 is 1.36 bits per heavy atom. The monoisotopic (exact) mass is 386 g/mol. The summed E-state index contributed by atoms with van der Waals surface area (Å²) in [6.07, 6.45) is 0. The average molecular weight is 387 g/mol. The van der Waals surface area contributed by atoms with Crippen LogP contribution >= 0.6 is 35.4 Å². The fourth-order valence-corrected chi connectivity index (χ4v) is 3.10. The maximum Gasteiger partial charge on any atom is 0.171 e. The average Bonchev–Trinajstić information content (AvgIpc) is 2.64. The minimum Gasteiger partial charge on any atom is -0.352 e. The van der Waals surface area contributed by atoms with Crippen molar-refractivity contribution in [2.24, 2.45) is 0 Å². The topological polar surface area (TPSA) is 24.1 Å². The molecule has 0 aliphatic rings. The number of hydrogen-bond acceptors (Lipinski definition) is 1. The molecule has 5 heteroatoms. The molecule has 126 valence electrons. The minimum atomic E-state index is -0.0691. The minimum absolute atomic E-state index is 0.0691. The van der Waals surface area contributed by atoms with Gasteiger partial charge in [0.05, 0.1) is 16.8 Å². The van der Waals surface area contributed by atoms with Gasteiger partial charge in [0.1, 0.15) is 0 Å². The van der Waals surface area contributed by atoms with Crippen molar-refractivity contribution in [3.63, 3.8) is 0 Å². The number of benzene rings is 3. The summed E-state index contributed by atoms with van der Waals surface area (Å²) in [6, 6.07) is 25.5. The predicted octanol–water partition coefficient (Wildman–Crippen LogP) is 6.07. The summed E-state index contributed by atoms with van der Waals surface area (Å²) in [5.74, 6) is 0. The van der Waals surface area contributed by atoms with E-state index >= 15 is 0 Å². The molecule has 0 bridgehead atoms. The molecule has 0 atom stereocenters.